The molecule has 0 aromatic heterocycles. The summed E-state index contributed by atoms with van der Waals surface area (Å²) in [5.74, 6) is -26.1. The van der Waals surface area contributed by atoms with E-state index < -0.39 is 71.9 Å². The molecule has 3 nitrogen and oxygen atoms in total. The van der Waals surface area contributed by atoms with Gasteiger partial charge in [0.1, 0.15) is 6.61 Å². The molecule has 204 valence electrons. The van der Waals surface area contributed by atoms with Gasteiger partial charge in [-0.2, -0.15) is 52.7 Å². The Labute approximate surface area is 200 Å². The molecule has 1 atom stereocenters. The molecule has 0 aliphatic heterocycles. The van der Waals surface area contributed by atoms with E-state index in [0.717, 1.165) is 12.1 Å². The van der Waals surface area contributed by atoms with E-state index in [1.807, 2.05) is 0 Å². The zero-order chi connectivity index (χ0) is 28.4. The molecule has 0 saturated heterocycles. The number of benzene rings is 2. The van der Waals surface area contributed by atoms with Crippen LogP contribution in [0.5, 0.6) is 0 Å². The smallest absolute Gasteiger partial charge is 0.460 e. The Morgan fingerprint density at radius 2 is 1.19 bits per heavy atom. The number of hydrogen-bond acceptors (Lipinski definition) is 3. The van der Waals surface area contributed by atoms with Gasteiger partial charge in [-0.25, -0.2) is 4.79 Å². The number of alkyl halides is 12. The van der Waals surface area contributed by atoms with E-state index in [1.54, 1.807) is 0 Å². The van der Waals surface area contributed by atoms with Crippen LogP contribution in [-0.2, 0) is 10.9 Å². The van der Waals surface area contributed by atoms with E-state index >= 15 is 0 Å². The van der Waals surface area contributed by atoms with Crippen LogP contribution in [0.3, 0.4) is 0 Å². The molecule has 0 aliphatic carbocycles. The summed E-state index contributed by atoms with van der Waals surface area (Å²) in [6, 6.07) is 7.86. The predicted molar refractivity (Wildman–Crippen MR) is 102 cm³/mol. The highest BCUT2D eigenvalue weighted by molar-refractivity contribution is 5.98. The molecule has 2 aromatic rings. The molecule has 2 rings (SSSR count). The normalized spacial score (nSPS) is 14.3. The van der Waals surface area contributed by atoms with Crippen LogP contribution in [0.2, 0.25) is 0 Å². The van der Waals surface area contributed by atoms with E-state index in [-0.39, 0.29) is 5.56 Å². The molecule has 2 aromatic carbocycles. The second kappa shape index (κ2) is 10.2. The second-order valence-corrected chi connectivity index (χ2v) is 7.66. The average molecular weight is 554 g/mol. The summed E-state index contributed by atoms with van der Waals surface area (Å²) >= 11 is 0. The maximum Gasteiger partial charge on any atom is 0.460 e. The van der Waals surface area contributed by atoms with Gasteiger partial charge in [0.05, 0.1) is 17.0 Å². The van der Waals surface area contributed by atoms with E-state index in [1.165, 1.54) is 18.2 Å². The monoisotopic (exact) mass is 554 g/mol. The molecule has 0 fully saturated rings. The Morgan fingerprint density at radius 3 is 1.65 bits per heavy atom. The van der Waals surface area contributed by atoms with Gasteiger partial charge < -0.3 is 4.74 Å². The number of ketones is 1. The highest BCUT2D eigenvalue weighted by Crippen LogP contribution is 2.54. The fourth-order valence-corrected chi connectivity index (χ4v) is 2.97. The molecule has 0 N–H and O–H groups in total. The van der Waals surface area contributed by atoms with Crippen molar-refractivity contribution in [3.63, 3.8) is 0 Å². The summed E-state index contributed by atoms with van der Waals surface area (Å²) in [5.41, 5.74) is -2.36. The summed E-state index contributed by atoms with van der Waals surface area (Å²) in [5, 5.41) is 0. The van der Waals surface area contributed by atoms with Crippen LogP contribution in [0.25, 0.3) is 0 Å². The summed E-state index contributed by atoms with van der Waals surface area (Å²) in [6.45, 7) is -1.50. The van der Waals surface area contributed by atoms with Crippen molar-refractivity contribution >= 4 is 11.8 Å². The van der Waals surface area contributed by atoms with Gasteiger partial charge in [0.15, 0.2) is 5.78 Å². The number of rotatable bonds is 9. The number of ether oxygens (including phenoxy) is 1. The Hall–Kier alpha value is -3.26. The van der Waals surface area contributed by atoms with E-state index in [0.29, 0.717) is 24.3 Å². The third-order valence-corrected chi connectivity index (χ3v) is 5.01. The summed E-state index contributed by atoms with van der Waals surface area (Å²) in [7, 11) is 0. The summed E-state index contributed by atoms with van der Waals surface area (Å²) < 4.78 is 163. The van der Waals surface area contributed by atoms with Gasteiger partial charge in [-0.3, -0.25) is 4.79 Å². The largest absolute Gasteiger partial charge is 0.461 e. The van der Waals surface area contributed by atoms with Crippen molar-refractivity contribution in [3.05, 3.63) is 71.3 Å². The maximum absolute atomic E-state index is 14.2. The van der Waals surface area contributed by atoms with Crippen LogP contribution in [-0.4, -0.2) is 42.3 Å². The van der Waals surface area contributed by atoms with Gasteiger partial charge in [-0.05, 0) is 24.3 Å². The molecule has 0 aliphatic rings. The lowest BCUT2D eigenvalue weighted by molar-refractivity contribution is -0.397. The van der Waals surface area contributed by atoms with Gasteiger partial charge in [-0.15, -0.1) is 0 Å². The number of hydrogen-bond donors (Lipinski definition) is 0. The van der Waals surface area contributed by atoms with Crippen LogP contribution in [0.1, 0.15) is 32.7 Å². The highest BCUT2D eigenvalue weighted by Gasteiger charge is 2.81. The number of esters is 1. The van der Waals surface area contributed by atoms with Gasteiger partial charge in [-0.1, -0.05) is 30.3 Å². The molecule has 0 heterocycles. The first-order valence-corrected chi connectivity index (χ1v) is 9.86. The molecule has 0 saturated carbocycles. The maximum atomic E-state index is 14.2. The van der Waals surface area contributed by atoms with E-state index in [2.05, 4.69) is 4.74 Å². The van der Waals surface area contributed by atoms with Crippen LogP contribution >= 0.6 is 0 Å². The molecule has 15 heteroatoms. The van der Waals surface area contributed by atoms with E-state index in [4.69, 9.17) is 0 Å². The standard InChI is InChI=1S/C22H14F12O3/c23-18(24,20(28,29)21(30,31)22(32,33)34)10-14(11-37-17(36)13-4-2-1-3-5-13)16(35)12-6-8-15(9-7-12)19(25,26)27/h1-9,14H,10-11H2. The average Bonchev–Trinajstić information content (AvgIpc) is 2.80. The Kier molecular flexibility index (Phi) is 8.30. The third kappa shape index (κ3) is 6.36. The van der Waals surface area contributed by atoms with Gasteiger partial charge in [0.2, 0.25) is 0 Å². The van der Waals surface area contributed by atoms with E-state index in [9.17, 15) is 62.3 Å². The fraction of sp³-hybridized carbons (Fsp3) is 0.364. The molecule has 0 bridgehead atoms. The minimum Gasteiger partial charge on any atom is -0.461 e. The van der Waals surface area contributed by atoms with Gasteiger partial charge in [0.25, 0.3) is 0 Å². The van der Waals surface area contributed by atoms with Crippen LogP contribution < -0.4 is 0 Å². The summed E-state index contributed by atoms with van der Waals surface area (Å²) in [4.78, 5) is 24.7. The first-order valence-electron chi connectivity index (χ1n) is 9.86. The SMILES string of the molecule is O=C(OCC(CC(F)(F)C(F)(F)C(F)(F)C(F)(F)F)C(=O)c1ccc(C(F)(F)F)cc1)c1ccccc1. The minimum absolute atomic E-state index is 0.232. The molecular weight excluding hydrogens is 540 g/mol. The fourth-order valence-electron chi connectivity index (χ4n) is 2.97. The molecule has 0 radical (unpaired) electrons. The van der Waals surface area contributed by atoms with Crippen molar-refractivity contribution in [2.45, 2.75) is 36.5 Å². The van der Waals surface area contributed by atoms with Crippen molar-refractivity contribution in [2.75, 3.05) is 6.61 Å². The lowest BCUT2D eigenvalue weighted by Gasteiger charge is -2.35. The first kappa shape index (κ1) is 30.0. The molecule has 1 unspecified atom stereocenters. The number of halogens is 12. The zero-order valence-corrected chi connectivity index (χ0v) is 17.9. The lowest BCUT2D eigenvalue weighted by atomic mass is 9.88. The van der Waals surface area contributed by atoms with Crippen molar-refractivity contribution in [1.82, 2.24) is 0 Å². The van der Waals surface area contributed by atoms with Crippen molar-refractivity contribution in [3.8, 4) is 0 Å². The van der Waals surface area contributed by atoms with Crippen molar-refractivity contribution < 1.29 is 67.0 Å². The molecule has 0 spiro atoms. The Balaban J connectivity index is 2.41. The quantitative estimate of drug-likeness (QED) is 0.187. The Morgan fingerprint density at radius 1 is 0.676 bits per heavy atom. The van der Waals surface area contributed by atoms with Crippen molar-refractivity contribution in [2.24, 2.45) is 5.92 Å². The second-order valence-electron chi connectivity index (χ2n) is 7.66. The number of Topliss-reactive ketones (excluding diaryl/α,β-unsaturated/α-hetero) is 1. The van der Waals surface area contributed by atoms with Crippen LogP contribution in [0.15, 0.2) is 54.6 Å². The number of carbonyl (C=O) groups is 2. The van der Waals surface area contributed by atoms with Crippen molar-refractivity contribution in [1.29, 1.82) is 0 Å². The van der Waals surface area contributed by atoms with Crippen LogP contribution in [0.4, 0.5) is 52.7 Å². The molecular formula is C22H14F12O3. The first-order chi connectivity index (χ1) is 16.7. The minimum atomic E-state index is -7.23. The zero-order valence-electron chi connectivity index (χ0n) is 17.9. The Bertz CT molecular complexity index is 1090. The molecule has 37 heavy (non-hydrogen) atoms. The van der Waals surface area contributed by atoms with Gasteiger partial charge in [0, 0.05) is 12.0 Å². The number of carbonyl (C=O) groups excluding carboxylic acids is 2. The molecule has 0 amide bonds. The predicted octanol–water partition coefficient (Wildman–Crippen LogP) is 7.22. The summed E-state index contributed by atoms with van der Waals surface area (Å²) in [6.07, 6.45) is -14.7. The third-order valence-electron chi connectivity index (χ3n) is 5.01. The highest BCUT2D eigenvalue weighted by atomic mass is 19.4. The topological polar surface area (TPSA) is 43.4 Å². The lowest BCUT2D eigenvalue weighted by Crippen LogP contribution is -2.61. The van der Waals surface area contributed by atoms with Crippen LogP contribution in [0, 0.1) is 5.92 Å². The van der Waals surface area contributed by atoms with Gasteiger partial charge >= 0.3 is 36.1 Å².